The lowest BCUT2D eigenvalue weighted by Crippen LogP contribution is -2.63. The molecule has 0 aromatic heterocycles. The topological polar surface area (TPSA) is 98.3 Å². The van der Waals surface area contributed by atoms with Crippen molar-refractivity contribution in [3.05, 3.63) is 0 Å². The van der Waals surface area contributed by atoms with Gasteiger partial charge in [-0.2, -0.15) is 0 Å². The van der Waals surface area contributed by atoms with Gasteiger partial charge >= 0.3 is 0 Å². The van der Waals surface area contributed by atoms with Crippen LogP contribution in [-0.4, -0.2) is 29.8 Å². The lowest BCUT2D eigenvalue weighted by atomic mass is 9.59. The van der Waals surface area contributed by atoms with E-state index in [2.05, 4.69) is 27.7 Å². The maximum Gasteiger partial charge on any atom is 0.0725 e. The summed E-state index contributed by atoms with van der Waals surface area (Å²) in [4.78, 5) is 0. The van der Waals surface area contributed by atoms with Gasteiger partial charge in [-0.3, -0.25) is 0 Å². The van der Waals surface area contributed by atoms with Crippen LogP contribution in [0.25, 0.3) is 0 Å². The number of aliphatic hydroxyl groups is 1. The molecule has 0 radical (unpaired) electrons. The average Bonchev–Trinajstić information content (AvgIpc) is 2.67. The van der Waals surface area contributed by atoms with E-state index in [1.54, 1.807) is 0 Å². The van der Waals surface area contributed by atoms with Gasteiger partial charge in [-0.05, 0) is 50.1 Å². The van der Waals surface area contributed by atoms with Gasteiger partial charge in [0.15, 0.2) is 0 Å². The van der Waals surface area contributed by atoms with Crippen LogP contribution >= 0.6 is 0 Å². The molecular formula is C24H53N3O. The Balaban J connectivity index is 4.93. The van der Waals surface area contributed by atoms with E-state index in [4.69, 9.17) is 17.2 Å². The third kappa shape index (κ3) is 9.56. The van der Waals surface area contributed by atoms with Crippen molar-refractivity contribution >= 4 is 0 Å². The number of nitrogens with two attached hydrogens (primary N) is 3. The van der Waals surface area contributed by atoms with Gasteiger partial charge in [0.2, 0.25) is 0 Å². The molecule has 4 heteroatoms. The molecule has 0 aromatic carbocycles. The van der Waals surface area contributed by atoms with Crippen molar-refractivity contribution in [1.82, 2.24) is 0 Å². The summed E-state index contributed by atoms with van der Waals surface area (Å²) in [6.07, 6.45) is 15.1. The molecule has 0 saturated heterocycles. The van der Waals surface area contributed by atoms with Gasteiger partial charge in [0.05, 0.1) is 6.10 Å². The third-order valence-electron chi connectivity index (χ3n) is 7.24. The summed E-state index contributed by atoms with van der Waals surface area (Å²) in [5.41, 5.74) is 17.7. The highest BCUT2D eigenvalue weighted by Gasteiger charge is 2.48. The Morgan fingerprint density at radius 2 is 1.25 bits per heavy atom. The Morgan fingerprint density at radius 1 is 0.750 bits per heavy atom. The minimum absolute atomic E-state index is 0.0883. The molecule has 170 valence electrons. The molecule has 0 amide bonds. The van der Waals surface area contributed by atoms with Crippen LogP contribution < -0.4 is 17.2 Å². The summed E-state index contributed by atoms with van der Waals surface area (Å²) in [6.45, 7) is 10.7. The van der Waals surface area contributed by atoms with Gasteiger partial charge in [0.25, 0.3) is 0 Å². The van der Waals surface area contributed by atoms with Crippen molar-refractivity contribution in [2.45, 2.75) is 129 Å². The van der Waals surface area contributed by atoms with Crippen LogP contribution in [0.1, 0.15) is 118 Å². The van der Waals surface area contributed by atoms with Gasteiger partial charge < -0.3 is 22.3 Å². The Bertz CT molecular complexity index is 362. The van der Waals surface area contributed by atoms with E-state index >= 15 is 0 Å². The molecule has 3 unspecified atom stereocenters. The van der Waals surface area contributed by atoms with Crippen molar-refractivity contribution in [1.29, 1.82) is 0 Å². The zero-order chi connectivity index (χ0) is 21.5. The lowest BCUT2D eigenvalue weighted by Gasteiger charge is -2.51. The minimum Gasteiger partial charge on any atom is -0.391 e. The summed E-state index contributed by atoms with van der Waals surface area (Å²) < 4.78 is 0. The fraction of sp³-hybridized carbons (Fsp3) is 1.00. The molecule has 0 rings (SSSR count). The second-order valence-corrected chi connectivity index (χ2v) is 9.62. The molecule has 0 aliphatic rings. The fourth-order valence-electron chi connectivity index (χ4n) is 4.43. The summed E-state index contributed by atoms with van der Waals surface area (Å²) in [5.74, 6) is 0.501. The van der Waals surface area contributed by atoms with E-state index in [9.17, 15) is 5.11 Å². The molecule has 0 saturated carbocycles. The SMILES string of the molecule is CCCCC(C)C(C)(C)C(N)(CCCCCCN)C(O)CCCCCCCN. The highest BCUT2D eigenvalue weighted by molar-refractivity contribution is 5.04. The Hall–Kier alpha value is -0.160. The van der Waals surface area contributed by atoms with Crippen molar-refractivity contribution in [3.8, 4) is 0 Å². The first-order chi connectivity index (χ1) is 13.3. The van der Waals surface area contributed by atoms with Crippen molar-refractivity contribution in [2.75, 3.05) is 13.1 Å². The summed E-state index contributed by atoms with van der Waals surface area (Å²) in [5, 5.41) is 11.2. The first-order valence-corrected chi connectivity index (χ1v) is 12.1. The van der Waals surface area contributed by atoms with Crippen LogP contribution in [-0.2, 0) is 0 Å². The number of hydrogen-bond acceptors (Lipinski definition) is 4. The molecule has 0 aromatic rings. The van der Waals surface area contributed by atoms with E-state index in [0.29, 0.717) is 5.92 Å². The average molecular weight is 400 g/mol. The smallest absolute Gasteiger partial charge is 0.0725 e. The fourth-order valence-corrected chi connectivity index (χ4v) is 4.43. The van der Waals surface area contributed by atoms with Gasteiger partial charge in [0, 0.05) is 5.54 Å². The molecular weight excluding hydrogens is 346 g/mol. The minimum atomic E-state index is -0.528. The molecule has 0 heterocycles. The van der Waals surface area contributed by atoms with Gasteiger partial charge in [0.1, 0.15) is 0 Å². The van der Waals surface area contributed by atoms with Crippen molar-refractivity contribution in [2.24, 2.45) is 28.5 Å². The highest BCUT2D eigenvalue weighted by Crippen LogP contribution is 2.45. The normalized spacial score (nSPS) is 16.7. The number of unbranched alkanes of at least 4 members (excludes halogenated alkanes) is 8. The number of rotatable bonds is 19. The molecule has 0 aliphatic heterocycles. The van der Waals surface area contributed by atoms with E-state index < -0.39 is 11.6 Å². The van der Waals surface area contributed by atoms with Gasteiger partial charge in [-0.25, -0.2) is 0 Å². The van der Waals surface area contributed by atoms with E-state index in [1.165, 1.54) is 32.1 Å². The van der Waals surface area contributed by atoms with Gasteiger partial charge in [-0.1, -0.05) is 91.9 Å². The summed E-state index contributed by atoms with van der Waals surface area (Å²) >= 11 is 0. The Labute approximate surface area is 176 Å². The van der Waals surface area contributed by atoms with Crippen LogP contribution in [0.4, 0.5) is 0 Å². The first kappa shape index (κ1) is 27.8. The maximum absolute atomic E-state index is 11.2. The van der Waals surface area contributed by atoms with Crippen LogP contribution in [0.3, 0.4) is 0 Å². The zero-order valence-electron chi connectivity index (χ0n) is 19.6. The van der Waals surface area contributed by atoms with Crippen LogP contribution in [0.5, 0.6) is 0 Å². The summed E-state index contributed by atoms with van der Waals surface area (Å²) in [7, 11) is 0. The lowest BCUT2D eigenvalue weighted by molar-refractivity contribution is -0.0350. The Kier molecular flexibility index (Phi) is 15.6. The monoisotopic (exact) mass is 399 g/mol. The highest BCUT2D eigenvalue weighted by atomic mass is 16.3. The third-order valence-corrected chi connectivity index (χ3v) is 7.24. The van der Waals surface area contributed by atoms with Crippen molar-refractivity contribution in [3.63, 3.8) is 0 Å². The predicted molar refractivity (Wildman–Crippen MR) is 124 cm³/mol. The molecule has 0 spiro atoms. The van der Waals surface area contributed by atoms with Crippen LogP contribution in [0.2, 0.25) is 0 Å². The molecule has 4 nitrogen and oxygen atoms in total. The second-order valence-electron chi connectivity index (χ2n) is 9.62. The van der Waals surface area contributed by atoms with Crippen molar-refractivity contribution < 1.29 is 5.11 Å². The van der Waals surface area contributed by atoms with Crippen LogP contribution in [0.15, 0.2) is 0 Å². The standard InChI is InChI=1S/C24H53N3O/c1-5-6-16-21(2)23(3,4)24(27,18-13-9-11-15-20-26)22(28)17-12-8-7-10-14-19-25/h21-22,28H,5-20,25-27H2,1-4H3. The predicted octanol–water partition coefficient (Wildman–Crippen LogP) is 5.11. The number of hydrogen-bond donors (Lipinski definition) is 4. The molecule has 3 atom stereocenters. The molecule has 0 aliphatic carbocycles. The second kappa shape index (κ2) is 15.6. The molecule has 0 bridgehead atoms. The molecule has 28 heavy (non-hydrogen) atoms. The largest absolute Gasteiger partial charge is 0.391 e. The number of aliphatic hydroxyl groups excluding tert-OH is 1. The Morgan fingerprint density at radius 3 is 1.79 bits per heavy atom. The van der Waals surface area contributed by atoms with Gasteiger partial charge in [-0.15, -0.1) is 0 Å². The first-order valence-electron chi connectivity index (χ1n) is 12.1. The zero-order valence-corrected chi connectivity index (χ0v) is 19.6. The maximum atomic E-state index is 11.2. The van der Waals surface area contributed by atoms with E-state index in [1.807, 2.05) is 0 Å². The molecule has 0 fully saturated rings. The quantitative estimate of drug-likeness (QED) is 0.227. The van der Waals surface area contributed by atoms with E-state index in [-0.39, 0.29) is 5.41 Å². The molecule has 7 N–H and O–H groups in total. The van der Waals surface area contributed by atoms with E-state index in [0.717, 1.165) is 70.9 Å². The summed E-state index contributed by atoms with van der Waals surface area (Å²) in [6, 6.07) is 0. The van der Waals surface area contributed by atoms with Crippen LogP contribution in [0, 0.1) is 11.3 Å².